The largest absolute Gasteiger partial charge is 0.493 e. The van der Waals surface area contributed by atoms with E-state index in [1.165, 1.54) is 7.11 Å². The maximum Gasteiger partial charge on any atom is 0.257 e. The molecule has 4 aromatic rings. The van der Waals surface area contributed by atoms with Crippen LogP contribution in [0.15, 0.2) is 51.4 Å². The first-order valence-electron chi connectivity index (χ1n) is 9.86. The fraction of sp³-hybridized carbons (Fsp3) is 0.227. The van der Waals surface area contributed by atoms with Crippen LogP contribution in [0.1, 0.15) is 11.7 Å². The minimum Gasteiger partial charge on any atom is -0.493 e. The third-order valence-corrected chi connectivity index (χ3v) is 4.55. The van der Waals surface area contributed by atoms with Crippen molar-refractivity contribution in [1.29, 1.82) is 0 Å². The summed E-state index contributed by atoms with van der Waals surface area (Å²) < 4.78 is 26.3. The van der Waals surface area contributed by atoms with E-state index < -0.39 is 0 Å². The number of nitrogens with one attached hydrogen (secondary N) is 1. The highest BCUT2D eigenvalue weighted by atomic mass is 16.5. The smallest absolute Gasteiger partial charge is 0.257 e. The number of anilines is 1. The second kappa shape index (κ2) is 9.92. The van der Waals surface area contributed by atoms with E-state index in [-0.39, 0.29) is 30.7 Å². The number of ether oxygens (including phenoxy) is 3. The lowest BCUT2D eigenvalue weighted by atomic mass is 10.1. The fourth-order valence-corrected chi connectivity index (χ4v) is 3.04. The minimum absolute atomic E-state index is 0.0679. The molecule has 0 atom stereocenters. The van der Waals surface area contributed by atoms with Gasteiger partial charge in [-0.25, -0.2) is 0 Å². The molecule has 0 saturated heterocycles. The van der Waals surface area contributed by atoms with Gasteiger partial charge in [-0.15, -0.1) is 10.2 Å². The number of amides is 1. The molecule has 2 aromatic carbocycles. The Hall–Kier alpha value is -4.25. The van der Waals surface area contributed by atoms with Gasteiger partial charge in [0.15, 0.2) is 17.3 Å². The van der Waals surface area contributed by atoms with Crippen molar-refractivity contribution in [1.82, 2.24) is 20.3 Å². The van der Waals surface area contributed by atoms with Gasteiger partial charge in [-0.05, 0) is 30.3 Å². The Morgan fingerprint density at radius 2 is 1.76 bits per heavy atom. The molecule has 2 aromatic heterocycles. The summed E-state index contributed by atoms with van der Waals surface area (Å²) in [5.41, 5.74) is 1.90. The molecule has 0 fully saturated rings. The van der Waals surface area contributed by atoms with E-state index in [2.05, 4.69) is 25.7 Å². The molecule has 33 heavy (non-hydrogen) atoms. The molecule has 0 spiro atoms. The highest BCUT2D eigenvalue weighted by Crippen LogP contribution is 2.30. The number of hydrogen-bond donors (Lipinski definition) is 1. The van der Waals surface area contributed by atoms with E-state index in [4.69, 9.17) is 23.2 Å². The van der Waals surface area contributed by atoms with Crippen molar-refractivity contribution in [2.75, 3.05) is 26.6 Å². The molecule has 1 amide bonds. The summed E-state index contributed by atoms with van der Waals surface area (Å²) in [6, 6.07) is 12.3. The van der Waals surface area contributed by atoms with Crippen molar-refractivity contribution in [3.63, 3.8) is 0 Å². The van der Waals surface area contributed by atoms with Gasteiger partial charge in [-0.3, -0.25) is 4.79 Å². The zero-order chi connectivity index (χ0) is 23.2. The molecule has 170 valence electrons. The SMILES string of the molecule is COCc1nnc(-c2cccc(-c3nc(CC(=O)Nc4ccc(OC)c(OC)c4)no3)c2)o1. The van der Waals surface area contributed by atoms with E-state index in [1.807, 2.05) is 6.07 Å². The highest BCUT2D eigenvalue weighted by molar-refractivity contribution is 5.92. The lowest BCUT2D eigenvalue weighted by molar-refractivity contribution is -0.115. The van der Waals surface area contributed by atoms with Crippen LogP contribution in [0.3, 0.4) is 0 Å². The first-order valence-corrected chi connectivity index (χ1v) is 9.86. The van der Waals surface area contributed by atoms with Crippen LogP contribution < -0.4 is 14.8 Å². The van der Waals surface area contributed by atoms with Crippen LogP contribution in [-0.2, 0) is 22.6 Å². The number of rotatable bonds is 9. The van der Waals surface area contributed by atoms with E-state index in [9.17, 15) is 4.79 Å². The minimum atomic E-state index is -0.306. The lowest BCUT2D eigenvalue weighted by Gasteiger charge is -2.10. The molecule has 0 aliphatic rings. The van der Waals surface area contributed by atoms with E-state index in [0.29, 0.717) is 40.1 Å². The van der Waals surface area contributed by atoms with Crippen LogP contribution in [-0.4, -0.2) is 47.6 Å². The Morgan fingerprint density at radius 1 is 0.970 bits per heavy atom. The average Bonchev–Trinajstić information content (AvgIpc) is 3.49. The number of hydrogen-bond acceptors (Lipinski definition) is 10. The van der Waals surface area contributed by atoms with Crippen LogP contribution in [0.25, 0.3) is 22.9 Å². The van der Waals surface area contributed by atoms with Gasteiger partial charge < -0.3 is 28.5 Å². The summed E-state index contributed by atoms with van der Waals surface area (Å²) in [4.78, 5) is 16.8. The van der Waals surface area contributed by atoms with Crippen molar-refractivity contribution in [2.24, 2.45) is 0 Å². The average molecular weight is 451 g/mol. The molecule has 0 aliphatic heterocycles. The summed E-state index contributed by atoms with van der Waals surface area (Å²) in [6.07, 6.45) is -0.0679. The molecular weight excluding hydrogens is 430 g/mol. The highest BCUT2D eigenvalue weighted by Gasteiger charge is 2.15. The number of carbonyl (C=O) groups excluding carboxylic acids is 1. The van der Waals surface area contributed by atoms with Gasteiger partial charge in [-0.1, -0.05) is 11.2 Å². The van der Waals surface area contributed by atoms with Gasteiger partial charge in [0.1, 0.15) is 6.61 Å². The molecule has 0 bridgehead atoms. The van der Waals surface area contributed by atoms with Gasteiger partial charge in [0.2, 0.25) is 17.7 Å². The van der Waals surface area contributed by atoms with Crippen molar-refractivity contribution in [2.45, 2.75) is 13.0 Å². The fourth-order valence-electron chi connectivity index (χ4n) is 3.04. The first kappa shape index (κ1) is 22.0. The molecule has 0 radical (unpaired) electrons. The van der Waals surface area contributed by atoms with Gasteiger partial charge in [0.25, 0.3) is 5.89 Å². The van der Waals surface area contributed by atoms with Crippen LogP contribution in [0, 0.1) is 0 Å². The Bertz CT molecular complexity index is 1250. The number of carbonyl (C=O) groups is 1. The van der Waals surface area contributed by atoms with E-state index in [1.54, 1.807) is 50.6 Å². The maximum absolute atomic E-state index is 12.4. The third kappa shape index (κ3) is 5.15. The molecule has 0 saturated carbocycles. The lowest BCUT2D eigenvalue weighted by Crippen LogP contribution is -2.15. The molecule has 0 unspecified atom stereocenters. The monoisotopic (exact) mass is 451 g/mol. The van der Waals surface area contributed by atoms with Crippen LogP contribution in [0.5, 0.6) is 11.5 Å². The molecule has 11 nitrogen and oxygen atoms in total. The Kier molecular flexibility index (Phi) is 6.60. The van der Waals surface area contributed by atoms with Crippen molar-refractivity contribution in [3.8, 4) is 34.4 Å². The summed E-state index contributed by atoms with van der Waals surface area (Å²) in [5, 5.41) is 14.6. The Labute approximate surface area is 188 Å². The van der Waals surface area contributed by atoms with E-state index in [0.717, 1.165) is 0 Å². The quantitative estimate of drug-likeness (QED) is 0.404. The number of benzene rings is 2. The summed E-state index contributed by atoms with van der Waals surface area (Å²) in [7, 11) is 4.61. The molecule has 1 N–H and O–H groups in total. The Balaban J connectivity index is 1.44. The predicted octanol–water partition coefficient (Wildman–Crippen LogP) is 3.13. The zero-order valence-electron chi connectivity index (χ0n) is 18.2. The normalized spacial score (nSPS) is 10.8. The third-order valence-electron chi connectivity index (χ3n) is 4.55. The van der Waals surface area contributed by atoms with Crippen molar-refractivity contribution in [3.05, 3.63) is 54.2 Å². The summed E-state index contributed by atoms with van der Waals surface area (Å²) in [6.45, 7) is 0.227. The van der Waals surface area contributed by atoms with Gasteiger partial charge in [0, 0.05) is 30.0 Å². The molecule has 0 aliphatic carbocycles. The second-order valence-corrected chi connectivity index (χ2v) is 6.83. The summed E-state index contributed by atoms with van der Waals surface area (Å²) >= 11 is 0. The number of methoxy groups -OCH3 is 3. The van der Waals surface area contributed by atoms with Crippen LogP contribution in [0.4, 0.5) is 5.69 Å². The van der Waals surface area contributed by atoms with E-state index >= 15 is 0 Å². The molecular formula is C22H21N5O6. The first-order chi connectivity index (χ1) is 16.1. The van der Waals surface area contributed by atoms with Crippen LogP contribution in [0.2, 0.25) is 0 Å². The zero-order valence-corrected chi connectivity index (χ0v) is 18.2. The second-order valence-electron chi connectivity index (χ2n) is 6.83. The van der Waals surface area contributed by atoms with Gasteiger partial charge in [0.05, 0.1) is 20.6 Å². The van der Waals surface area contributed by atoms with Crippen LogP contribution >= 0.6 is 0 Å². The number of nitrogens with zero attached hydrogens (tertiary/aromatic N) is 4. The standard InChI is InChI=1S/C22H21N5O6/c1-29-12-20-25-26-22(32-20)14-6-4-5-13(9-14)21-24-18(27-33-21)11-19(28)23-15-7-8-16(30-2)17(10-15)31-3/h4-10H,11-12H2,1-3H3,(H,23,28). The summed E-state index contributed by atoms with van der Waals surface area (Å²) in [5.74, 6) is 2.00. The van der Waals surface area contributed by atoms with Crippen molar-refractivity contribution < 1.29 is 27.9 Å². The Morgan fingerprint density at radius 3 is 2.52 bits per heavy atom. The topological polar surface area (TPSA) is 135 Å². The molecule has 2 heterocycles. The maximum atomic E-state index is 12.4. The molecule has 11 heteroatoms. The number of aromatic nitrogens is 4. The van der Waals surface area contributed by atoms with Gasteiger partial charge in [-0.2, -0.15) is 4.98 Å². The van der Waals surface area contributed by atoms with Crippen molar-refractivity contribution >= 4 is 11.6 Å². The predicted molar refractivity (Wildman–Crippen MR) is 116 cm³/mol. The van der Waals surface area contributed by atoms with Gasteiger partial charge >= 0.3 is 0 Å². The molecule has 4 rings (SSSR count).